The van der Waals surface area contributed by atoms with Crippen molar-refractivity contribution in [2.45, 2.75) is 11.6 Å². The summed E-state index contributed by atoms with van der Waals surface area (Å²) in [5.74, 6) is -5.00. The Balaban J connectivity index is 2.08. The summed E-state index contributed by atoms with van der Waals surface area (Å²) >= 11 is 0. The molecule has 1 aromatic rings. The minimum absolute atomic E-state index is 0.314. The van der Waals surface area contributed by atoms with Crippen LogP contribution in [0.2, 0.25) is 0 Å². The predicted octanol–water partition coefficient (Wildman–Crippen LogP) is -0.836. The van der Waals surface area contributed by atoms with Crippen LogP contribution in [0.25, 0.3) is 0 Å². The van der Waals surface area contributed by atoms with Crippen molar-refractivity contribution in [3.8, 4) is 0 Å². The van der Waals surface area contributed by atoms with Crippen molar-refractivity contribution in [3.63, 3.8) is 0 Å². The molecule has 2 aliphatic heterocycles. The summed E-state index contributed by atoms with van der Waals surface area (Å²) in [5.41, 5.74) is 0.271. The van der Waals surface area contributed by atoms with Crippen LogP contribution in [-0.2, 0) is 33.5 Å². The Kier molecular flexibility index (Phi) is 3.82. The molecule has 0 aliphatic carbocycles. The normalized spacial score (nSPS) is 24.7. The average molecular weight is 334 g/mol. The molecule has 0 radical (unpaired) electrons. The molecule has 1 aromatic carbocycles. The standard InChI is InChI=1S/C15H14N2O7/c1-22-13(20)15(14(21)23-2)9-10(24-16-15)12(19)17(11(9)18)8-6-4-3-5-7-8/h3-7,9-10,16H,1-2H3/t9-,10+/m1/s1. The lowest BCUT2D eigenvalue weighted by molar-refractivity contribution is -0.169. The maximum atomic E-state index is 12.8. The van der Waals surface area contributed by atoms with Gasteiger partial charge in [0.1, 0.15) is 5.92 Å². The van der Waals surface area contributed by atoms with Crippen LogP contribution in [0.15, 0.2) is 30.3 Å². The number of esters is 2. The molecule has 0 unspecified atom stereocenters. The van der Waals surface area contributed by atoms with E-state index in [2.05, 4.69) is 15.0 Å². The third-order valence-corrected chi connectivity index (χ3v) is 4.10. The second-order valence-electron chi connectivity index (χ2n) is 5.26. The minimum atomic E-state index is -2.23. The number of rotatable bonds is 3. The summed E-state index contributed by atoms with van der Waals surface area (Å²) < 4.78 is 9.26. The zero-order valence-electron chi connectivity index (χ0n) is 12.8. The van der Waals surface area contributed by atoms with Crippen molar-refractivity contribution < 1.29 is 33.5 Å². The molecule has 3 rings (SSSR count). The first-order chi connectivity index (χ1) is 11.5. The molecule has 2 aliphatic rings. The number of hydrogen-bond donors (Lipinski definition) is 1. The summed E-state index contributed by atoms with van der Waals surface area (Å²) in [6.07, 6.45) is -1.34. The van der Waals surface area contributed by atoms with E-state index < -0.39 is 41.3 Å². The predicted molar refractivity (Wildman–Crippen MR) is 77.2 cm³/mol. The van der Waals surface area contributed by atoms with Crippen LogP contribution in [-0.4, -0.2) is 49.6 Å². The van der Waals surface area contributed by atoms with E-state index in [0.717, 1.165) is 19.1 Å². The van der Waals surface area contributed by atoms with Crippen molar-refractivity contribution in [2.24, 2.45) is 5.92 Å². The maximum Gasteiger partial charge on any atom is 0.341 e. The summed E-state index contributed by atoms with van der Waals surface area (Å²) in [4.78, 5) is 55.8. The number of amides is 2. The molecule has 0 saturated carbocycles. The van der Waals surface area contributed by atoms with E-state index in [1.807, 2.05) is 0 Å². The average Bonchev–Trinajstić information content (AvgIpc) is 3.12. The van der Waals surface area contributed by atoms with Crippen LogP contribution < -0.4 is 10.4 Å². The molecule has 0 aromatic heterocycles. The summed E-state index contributed by atoms with van der Waals surface area (Å²) in [5, 5.41) is 0. The molecular formula is C15H14N2O7. The number of carbonyl (C=O) groups is 4. The summed E-state index contributed by atoms with van der Waals surface area (Å²) in [6.45, 7) is 0. The van der Waals surface area contributed by atoms with E-state index in [1.54, 1.807) is 30.3 Å². The second-order valence-corrected chi connectivity index (χ2v) is 5.26. The number of ether oxygens (including phenoxy) is 2. The molecular weight excluding hydrogens is 320 g/mol. The van der Waals surface area contributed by atoms with Gasteiger partial charge >= 0.3 is 11.9 Å². The molecule has 9 nitrogen and oxygen atoms in total. The Morgan fingerprint density at radius 3 is 2.21 bits per heavy atom. The highest BCUT2D eigenvalue weighted by atomic mass is 16.7. The Labute approximate surface area is 136 Å². The van der Waals surface area contributed by atoms with Crippen LogP contribution >= 0.6 is 0 Å². The molecule has 2 fully saturated rings. The number of nitrogens with zero attached hydrogens (tertiary/aromatic N) is 1. The van der Waals surface area contributed by atoms with E-state index in [0.29, 0.717) is 5.69 Å². The maximum absolute atomic E-state index is 12.8. The Morgan fingerprint density at radius 2 is 1.67 bits per heavy atom. The first-order valence-corrected chi connectivity index (χ1v) is 7.01. The molecule has 2 amide bonds. The zero-order chi connectivity index (χ0) is 17.5. The molecule has 0 bridgehead atoms. The van der Waals surface area contributed by atoms with Gasteiger partial charge in [-0.3, -0.25) is 14.4 Å². The number of hydroxylamine groups is 1. The van der Waals surface area contributed by atoms with Gasteiger partial charge < -0.3 is 9.47 Å². The van der Waals surface area contributed by atoms with Crippen LogP contribution in [0.5, 0.6) is 0 Å². The van der Waals surface area contributed by atoms with Crippen molar-refractivity contribution in [1.82, 2.24) is 5.48 Å². The van der Waals surface area contributed by atoms with Gasteiger partial charge in [-0.25, -0.2) is 14.5 Å². The third kappa shape index (κ3) is 1.95. The molecule has 0 spiro atoms. The lowest BCUT2D eigenvalue weighted by Crippen LogP contribution is -2.61. The van der Waals surface area contributed by atoms with Crippen LogP contribution in [0, 0.1) is 5.92 Å². The van der Waals surface area contributed by atoms with Crippen LogP contribution in [0.1, 0.15) is 0 Å². The van der Waals surface area contributed by atoms with E-state index >= 15 is 0 Å². The molecule has 2 heterocycles. The van der Waals surface area contributed by atoms with Gasteiger partial charge in [0.15, 0.2) is 6.10 Å². The smallest absolute Gasteiger partial charge is 0.341 e. The molecule has 2 atom stereocenters. The first kappa shape index (κ1) is 16.1. The fraction of sp³-hybridized carbons (Fsp3) is 0.333. The molecule has 2 saturated heterocycles. The molecule has 1 N–H and O–H groups in total. The lowest BCUT2D eigenvalue weighted by atomic mass is 9.82. The highest BCUT2D eigenvalue weighted by Crippen LogP contribution is 2.40. The Morgan fingerprint density at radius 1 is 1.08 bits per heavy atom. The lowest BCUT2D eigenvalue weighted by Gasteiger charge is -2.26. The number of nitrogens with one attached hydrogen (secondary N) is 1. The van der Waals surface area contributed by atoms with Crippen LogP contribution in [0.3, 0.4) is 0 Å². The molecule has 24 heavy (non-hydrogen) atoms. The first-order valence-electron chi connectivity index (χ1n) is 7.01. The highest BCUT2D eigenvalue weighted by Gasteiger charge is 2.71. The van der Waals surface area contributed by atoms with Crippen molar-refractivity contribution in [3.05, 3.63) is 30.3 Å². The SMILES string of the molecule is COC(=O)C1(C(=O)OC)NO[C@@H]2C(=O)N(c3ccccc3)C(=O)[C@@H]21. The Hall–Kier alpha value is -2.78. The number of hydrogen-bond acceptors (Lipinski definition) is 8. The van der Waals surface area contributed by atoms with Gasteiger partial charge in [-0.1, -0.05) is 18.2 Å². The van der Waals surface area contributed by atoms with Gasteiger partial charge in [0, 0.05) is 0 Å². The highest BCUT2D eigenvalue weighted by molar-refractivity contribution is 6.27. The topological polar surface area (TPSA) is 111 Å². The summed E-state index contributed by atoms with van der Waals surface area (Å²) in [6, 6.07) is 8.14. The number of fused-ring (bicyclic) bond motifs is 1. The van der Waals surface area contributed by atoms with Crippen molar-refractivity contribution in [2.75, 3.05) is 19.1 Å². The third-order valence-electron chi connectivity index (χ3n) is 4.10. The zero-order valence-corrected chi connectivity index (χ0v) is 12.8. The van der Waals surface area contributed by atoms with Crippen LogP contribution in [0.4, 0.5) is 5.69 Å². The van der Waals surface area contributed by atoms with Gasteiger partial charge in [-0.15, -0.1) is 0 Å². The largest absolute Gasteiger partial charge is 0.467 e. The van der Waals surface area contributed by atoms with E-state index in [1.165, 1.54) is 0 Å². The number of carbonyl (C=O) groups excluding carboxylic acids is 4. The van der Waals surface area contributed by atoms with Crippen molar-refractivity contribution in [1.29, 1.82) is 0 Å². The minimum Gasteiger partial charge on any atom is -0.467 e. The molecule has 126 valence electrons. The van der Waals surface area contributed by atoms with Gasteiger partial charge in [0.25, 0.3) is 11.4 Å². The molecule has 9 heteroatoms. The van der Waals surface area contributed by atoms with Gasteiger partial charge in [-0.05, 0) is 12.1 Å². The van der Waals surface area contributed by atoms with E-state index in [-0.39, 0.29) is 0 Å². The quantitative estimate of drug-likeness (QED) is 0.433. The number of anilines is 1. The van der Waals surface area contributed by atoms with Gasteiger partial charge in [0.2, 0.25) is 5.91 Å². The monoisotopic (exact) mass is 334 g/mol. The number of imide groups is 1. The van der Waals surface area contributed by atoms with E-state index in [9.17, 15) is 19.2 Å². The van der Waals surface area contributed by atoms with Gasteiger partial charge in [-0.2, -0.15) is 5.48 Å². The van der Waals surface area contributed by atoms with Gasteiger partial charge in [0.05, 0.1) is 19.9 Å². The number of methoxy groups -OCH3 is 2. The summed E-state index contributed by atoms with van der Waals surface area (Å²) in [7, 11) is 2.11. The second kappa shape index (κ2) is 5.69. The Bertz CT molecular complexity index is 702. The number of benzene rings is 1. The van der Waals surface area contributed by atoms with Crippen molar-refractivity contribution >= 4 is 29.4 Å². The number of para-hydroxylation sites is 1. The fourth-order valence-electron chi connectivity index (χ4n) is 2.97. The van der Waals surface area contributed by atoms with E-state index in [4.69, 9.17) is 4.84 Å². The fourth-order valence-corrected chi connectivity index (χ4v) is 2.97.